The van der Waals surface area contributed by atoms with E-state index < -0.39 is 23.0 Å². The minimum absolute atomic E-state index is 0.0935. The van der Waals surface area contributed by atoms with Gasteiger partial charge in [-0.1, -0.05) is 48.9 Å². The molecule has 1 amide bonds. The lowest BCUT2D eigenvalue weighted by molar-refractivity contribution is 0.100. The van der Waals surface area contributed by atoms with Crippen molar-refractivity contribution in [2.75, 3.05) is 20.7 Å². The summed E-state index contributed by atoms with van der Waals surface area (Å²) in [7, 11) is 3.18. The molecule has 3 aromatic carbocycles. The zero-order valence-electron chi connectivity index (χ0n) is 19.8. The summed E-state index contributed by atoms with van der Waals surface area (Å²) in [6.45, 7) is 4.45. The van der Waals surface area contributed by atoms with E-state index in [0.29, 0.717) is 24.1 Å². The van der Waals surface area contributed by atoms with E-state index in [4.69, 9.17) is 22.1 Å². The summed E-state index contributed by atoms with van der Waals surface area (Å²) in [5.41, 5.74) is 7.37. The number of ether oxygens (including phenoxy) is 1. The van der Waals surface area contributed by atoms with Crippen molar-refractivity contribution in [3.63, 3.8) is 0 Å². The van der Waals surface area contributed by atoms with Gasteiger partial charge in [0.1, 0.15) is 5.82 Å². The highest BCUT2D eigenvalue weighted by Gasteiger charge is 2.34. The van der Waals surface area contributed by atoms with Crippen molar-refractivity contribution in [2.24, 2.45) is 5.73 Å². The zero-order valence-corrected chi connectivity index (χ0v) is 20.5. The van der Waals surface area contributed by atoms with Gasteiger partial charge in [0.05, 0.1) is 17.7 Å². The Morgan fingerprint density at radius 2 is 1.82 bits per heavy atom. The molecule has 0 bridgehead atoms. The largest absolute Gasteiger partial charge is 0.494 e. The number of rotatable bonds is 9. The molecule has 180 valence electrons. The van der Waals surface area contributed by atoms with E-state index in [1.54, 1.807) is 6.92 Å². The maximum absolute atomic E-state index is 15.7. The number of nitrogens with two attached hydrogens (primary N) is 1. The van der Waals surface area contributed by atoms with Crippen LogP contribution in [0.3, 0.4) is 0 Å². The molecule has 0 aliphatic carbocycles. The number of carbonyl (C=O) groups is 1. The molecule has 0 fully saturated rings. The first-order valence-electron chi connectivity index (χ1n) is 11.0. The van der Waals surface area contributed by atoms with Crippen molar-refractivity contribution in [3.05, 3.63) is 87.4 Å². The highest BCUT2D eigenvalue weighted by molar-refractivity contribution is 6.34. The van der Waals surface area contributed by atoms with Gasteiger partial charge in [-0.2, -0.15) is 0 Å². The molecule has 3 N–H and O–H groups in total. The smallest absolute Gasteiger partial charge is 0.249 e. The molecule has 0 aliphatic rings. The number of benzene rings is 3. The second-order valence-corrected chi connectivity index (χ2v) is 8.80. The van der Waals surface area contributed by atoms with Crippen molar-refractivity contribution in [3.8, 4) is 16.9 Å². The van der Waals surface area contributed by atoms with Crippen LogP contribution in [0.15, 0.2) is 48.5 Å². The first-order chi connectivity index (χ1) is 16.2. The molecule has 34 heavy (non-hydrogen) atoms. The number of methoxy groups -OCH3 is 1. The van der Waals surface area contributed by atoms with Crippen LogP contribution < -0.4 is 15.8 Å². The zero-order chi connectivity index (χ0) is 25.0. The van der Waals surface area contributed by atoms with Crippen LogP contribution in [-0.4, -0.2) is 26.6 Å². The predicted molar refractivity (Wildman–Crippen MR) is 133 cm³/mol. The number of carbonyl (C=O) groups excluding carboxylic acids is 1. The van der Waals surface area contributed by atoms with Gasteiger partial charge in [-0.05, 0) is 61.7 Å². The Kier molecular flexibility index (Phi) is 7.95. The third-order valence-electron chi connectivity index (χ3n) is 6.49. The molecule has 0 heterocycles. The Hall–Kier alpha value is -2.96. The molecule has 0 radical (unpaired) electrons. The van der Waals surface area contributed by atoms with Crippen LogP contribution in [0.4, 0.5) is 8.78 Å². The minimum atomic E-state index is -0.847. The molecule has 0 spiro atoms. The van der Waals surface area contributed by atoms with Gasteiger partial charge in [0, 0.05) is 23.1 Å². The lowest BCUT2D eigenvalue weighted by atomic mass is 9.71. The fraction of sp³-hybridized carbons (Fsp3) is 0.296. The number of nitrogens with one attached hydrogen (secondary N) is 1. The minimum Gasteiger partial charge on any atom is -0.494 e. The molecule has 0 saturated carbocycles. The molecule has 3 aromatic rings. The average molecular weight is 487 g/mol. The van der Waals surface area contributed by atoms with Crippen LogP contribution >= 0.6 is 11.6 Å². The highest BCUT2D eigenvalue weighted by Crippen LogP contribution is 2.44. The monoisotopic (exact) mass is 486 g/mol. The number of halogens is 3. The third kappa shape index (κ3) is 4.65. The number of likely N-dealkylation sites (N-methyl/N-ethyl adjacent to an activating group) is 1. The number of hydrogen-bond acceptors (Lipinski definition) is 3. The average Bonchev–Trinajstić information content (AvgIpc) is 2.83. The molecule has 1 unspecified atom stereocenters. The fourth-order valence-electron chi connectivity index (χ4n) is 4.63. The fourth-order valence-corrected chi connectivity index (χ4v) is 4.89. The van der Waals surface area contributed by atoms with Gasteiger partial charge in [0.2, 0.25) is 5.91 Å². The van der Waals surface area contributed by atoms with Crippen LogP contribution in [0, 0.1) is 18.6 Å². The van der Waals surface area contributed by atoms with Crippen molar-refractivity contribution < 1.29 is 18.3 Å². The van der Waals surface area contributed by atoms with Crippen molar-refractivity contribution >= 4 is 17.5 Å². The molecule has 3 rings (SSSR count). The molecule has 1 atom stereocenters. The molecule has 4 nitrogen and oxygen atoms in total. The van der Waals surface area contributed by atoms with E-state index in [1.807, 2.05) is 37.4 Å². The number of amides is 1. The van der Waals surface area contributed by atoms with E-state index in [0.717, 1.165) is 12.0 Å². The van der Waals surface area contributed by atoms with E-state index >= 15 is 4.39 Å². The van der Waals surface area contributed by atoms with Gasteiger partial charge in [-0.3, -0.25) is 4.79 Å². The van der Waals surface area contributed by atoms with Gasteiger partial charge < -0.3 is 15.8 Å². The van der Waals surface area contributed by atoms with E-state index in [-0.39, 0.29) is 27.5 Å². The van der Waals surface area contributed by atoms with Crippen LogP contribution in [0.25, 0.3) is 11.1 Å². The third-order valence-corrected chi connectivity index (χ3v) is 6.85. The second-order valence-electron chi connectivity index (χ2n) is 8.42. The summed E-state index contributed by atoms with van der Waals surface area (Å²) < 4.78 is 35.7. The Morgan fingerprint density at radius 1 is 1.15 bits per heavy atom. The van der Waals surface area contributed by atoms with Gasteiger partial charge in [-0.25, -0.2) is 8.78 Å². The van der Waals surface area contributed by atoms with Crippen LogP contribution in [0.5, 0.6) is 5.75 Å². The Balaban J connectivity index is 2.39. The molecular formula is C27H29ClF2N2O2. The topological polar surface area (TPSA) is 64.3 Å². The SMILES string of the molecule is CCC(CNC)(Cc1c(C)cc(F)c(Cl)c1-c1c(C(N)=O)ccc(OC)c1F)c1ccccc1. The highest BCUT2D eigenvalue weighted by atomic mass is 35.5. The van der Waals surface area contributed by atoms with Crippen molar-refractivity contribution in [1.82, 2.24) is 5.32 Å². The molecule has 0 aliphatic heterocycles. The number of aryl methyl sites for hydroxylation is 1. The summed E-state index contributed by atoms with van der Waals surface area (Å²) in [6, 6.07) is 14.0. The molecule has 0 aromatic heterocycles. The summed E-state index contributed by atoms with van der Waals surface area (Å²) in [5, 5.41) is 3.00. The maximum Gasteiger partial charge on any atom is 0.249 e. The number of hydrogen-bond donors (Lipinski definition) is 2. The number of primary amides is 1. The molecule has 0 saturated heterocycles. The van der Waals surface area contributed by atoms with Gasteiger partial charge in [0.15, 0.2) is 11.6 Å². The lowest BCUT2D eigenvalue weighted by Gasteiger charge is -2.35. The van der Waals surface area contributed by atoms with Crippen LogP contribution in [0.1, 0.15) is 40.4 Å². The Labute approximate surface area is 204 Å². The Bertz CT molecular complexity index is 1200. The molecular weight excluding hydrogens is 458 g/mol. The quantitative estimate of drug-likeness (QED) is 0.401. The van der Waals surface area contributed by atoms with Gasteiger partial charge in [-0.15, -0.1) is 0 Å². The second kappa shape index (κ2) is 10.5. The summed E-state index contributed by atoms with van der Waals surface area (Å²) in [6.07, 6.45) is 1.17. The van der Waals surface area contributed by atoms with Crippen molar-refractivity contribution in [2.45, 2.75) is 32.1 Å². The summed E-state index contributed by atoms with van der Waals surface area (Å²) in [5.74, 6) is -2.46. The molecule has 7 heteroatoms. The maximum atomic E-state index is 15.7. The van der Waals surface area contributed by atoms with E-state index in [1.165, 1.54) is 25.3 Å². The lowest BCUT2D eigenvalue weighted by Crippen LogP contribution is -2.39. The first-order valence-corrected chi connectivity index (χ1v) is 11.4. The summed E-state index contributed by atoms with van der Waals surface area (Å²) >= 11 is 6.49. The Morgan fingerprint density at radius 3 is 2.38 bits per heavy atom. The normalized spacial score (nSPS) is 12.9. The van der Waals surface area contributed by atoms with E-state index in [9.17, 15) is 9.18 Å². The van der Waals surface area contributed by atoms with E-state index in [2.05, 4.69) is 12.2 Å². The van der Waals surface area contributed by atoms with Crippen LogP contribution in [0.2, 0.25) is 5.02 Å². The van der Waals surface area contributed by atoms with Gasteiger partial charge in [0.25, 0.3) is 0 Å². The van der Waals surface area contributed by atoms with Gasteiger partial charge >= 0.3 is 0 Å². The predicted octanol–water partition coefficient (Wildman–Crippen LogP) is 5.81. The summed E-state index contributed by atoms with van der Waals surface area (Å²) in [4.78, 5) is 12.3. The van der Waals surface area contributed by atoms with Crippen LogP contribution in [-0.2, 0) is 11.8 Å². The first kappa shape index (κ1) is 25.7. The van der Waals surface area contributed by atoms with Crippen molar-refractivity contribution in [1.29, 1.82) is 0 Å². The standard InChI is InChI=1S/C27H29ClF2N2O2/c1-5-27(15-32-3,17-9-7-6-8-10-17)14-19-16(2)13-20(29)24(28)22(19)23-18(26(31)33)11-12-21(34-4)25(23)30/h6-13,32H,5,14-15H2,1-4H3,(H2,31,33).